The summed E-state index contributed by atoms with van der Waals surface area (Å²) >= 11 is 6.12. The first-order valence-corrected chi connectivity index (χ1v) is 6.98. The lowest BCUT2D eigenvalue weighted by Gasteiger charge is -2.18. The van der Waals surface area contributed by atoms with Gasteiger partial charge < -0.3 is 10.5 Å². The number of methoxy groups -OCH3 is 1. The maximum Gasteiger partial charge on any atom is 0.122 e. The SMILES string of the molecule is COc1cc(C)c(C(N)c2cc(C)cc(Cl)c2)cc1C. The molecule has 0 fully saturated rings. The zero-order valence-electron chi connectivity index (χ0n) is 12.3. The highest BCUT2D eigenvalue weighted by atomic mass is 35.5. The van der Waals surface area contributed by atoms with Crippen LogP contribution in [-0.2, 0) is 0 Å². The summed E-state index contributed by atoms with van der Waals surface area (Å²) in [5.41, 5.74) is 11.9. The average molecular weight is 290 g/mol. The van der Waals surface area contributed by atoms with Crippen molar-refractivity contribution in [1.29, 1.82) is 0 Å². The summed E-state index contributed by atoms with van der Waals surface area (Å²) in [6.45, 7) is 6.10. The van der Waals surface area contributed by atoms with Gasteiger partial charge in [-0.25, -0.2) is 0 Å². The lowest BCUT2D eigenvalue weighted by atomic mass is 9.93. The van der Waals surface area contributed by atoms with E-state index in [4.69, 9.17) is 22.1 Å². The largest absolute Gasteiger partial charge is 0.496 e. The van der Waals surface area contributed by atoms with E-state index in [9.17, 15) is 0 Å². The van der Waals surface area contributed by atoms with E-state index in [2.05, 4.69) is 19.1 Å². The quantitative estimate of drug-likeness (QED) is 0.913. The molecule has 2 aromatic rings. The molecule has 0 radical (unpaired) electrons. The number of rotatable bonds is 3. The van der Waals surface area contributed by atoms with Crippen LogP contribution in [0.3, 0.4) is 0 Å². The fourth-order valence-electron chi connectivity index (χ4n) is 2.49. The second-order valence-electron chi connectivity index (χ2n) is 5.22. The molecule has 0 aliphatic heterocycles. The number of aryl methyl sites for hydroxylation is 3. The van der Waals surface area contributed by atoms with Crippen LogP contribution in [0.25, 0.3) is 0 Å². The van der Waals surface area contributed by atoms with Gasteiger partial charge in [0.15, 0.2) is 0 Å². The molecule has 0 bridgehead atoms. The predicted molar refractivity (Wildman–Crippen MR) is 84.7 cm³/mol. The molecule has 2 nitrogen and oxygen atoms in total. The Morgan fingerprint density at radius 1 is 1.00 bits per heavy atom. The third kappa shape index (κ3) is 2.97. The first kappa shape index (κ1) is 14.9. The van der Waals surface area contributed by atoms with Gasteiger partial charge in [0.2, 0.25) is 0 Å². The van der Waals surface area contributed by atoms with Gasteiger partial charge in [-0.1, -0.05) is 23.7 Å². The first-order chi connectivity index (χ1) is 9.42. The van der Waals surface area contributed by atoms with Crippen LogP contribution in [0, 0.1) is 20.8 Å². The number of nitrogens with two attached hydrogens (primary N) is 1. The molecule has 2 aromatic carbocycles. The van der Waals surface area contributed by atoms with Crippen LogP contribution in [-0.4, -0.2) is 7.11 Å². The molecule has 0 aromatic heterocycles. The van der Waals surface area contributed by atoms with Gasteiger partial charge in [0.05, 0.1) is 13.2 Å². The van der Waals surface area contributed by atoms with Crippen molar-refractivity contribution in [2.24, 2.45) is 5.73 Å². The van der Waals surface area contributed by atoms with Gasteiger partial charge in [0.25, 0.3) is 0 Å². The standard InChI is InChI=1S/C17H20ClNO/c1-10-5-13(9-14(18)6-10)17(19)15-7-12(3)16(20-4)8-11(15)2/h5-9,17H,19H2,1-4H3. The fraction of sp³-hybridized carbons (Fsp3) is 0.294. The molecular formula is C17H20ClNO. The van der Waals surface area contributed by atoms with Gasteiger partial charge in [-0.15, -0.1) is 0 Å². The topological polar surface area (TPSA) is 35.2 Å². The fourth-order valence-corrected chi connectivity index (χ4v) is 2.79. The first-order valence-electron chi connectivity index (χ1n) is 6.60. The normalized spacial score (nSPS) is 12.3. The van der Waals surface area contributed by atoms with Gasteiger partial charge >= 0.3 is 0 Å². The van der Waals surface area contributed by atoms with E-state index in [1.165, 1.54) is 0 Å². The summed E-state index contributed by atoms with van der Waals surface area (Å²) in [7, 11) is 1.68. The van der Waals surface area contributed by atoms with E-state index in [0.717, 1.165) is 38.6 Å². The van der Waals surface area contributed by atoms with Crippen LogP contribution >= 0.6 is 11.6 Å². The highest BCUT2D eigenvalue weighted by molar-refractivity contribution is 6.30. The Morgan fingerprint density at radius 3 is 2.30 bits per heavy atom. The Balaban J connectivity index is 2.47. The lowest BCUT2D eigenvalue weighted by Crippen LogP contribution is -2.14. The monoisotopic (exact) mass is 289 g/mol. The van der Waals surface area contributed by atoms with E-state index >= 15 is 0 Å². The molecule has 2 N–H and O–H groups in total. The van der Waals surface area contributed by atoms with E-state index < -0.39 is 0 Å². The maximum atomic E-state index is 6.42. The molecule has 20 heavy (non-hydrogen) atoms. The van der Waals surface area contributed by atoms with Gasteiger partial charge in [-0.05, 0) is 66.8 Å². The van der Waals surface area contributed by atoms with E-state index in [0.29, 0.717) is 0 Å². The second kappa shape index (κ2) is 5.86. The molecule has 106 valence electrons. The van der Waals surface area contributed by atoms with Gasteiger partial charge in [-0.2, -0.15) is 0 Å². The van der Waals surface area contributed by atoms with Crippen LogP contribution in [0.5, 0.6) is 5.75 Å². The Labute approximate surface area is 125 Å². The van der Waals surface area contributed by atoms with Gasteiger partial charge in [-0.3, -0.25) is 0 Å². The minimum Gasteiger partial charge on any atom is -0.496 e. The molecule has 0 aliphatic rings. The summed E-state index contributed by atoms with van der Waals surface area (Å²) in [5.74, 6) is 0.890. The summed E-state index contributed by atoms with van der Waals surface area (Å²) < 4.78 is 5.34. The maximum absolute atomic E-state index is 6.42. The zero-order chi connectivity index (χ0) is 14.9. The molecule has 0 aliphatic carbocycles. The third-order valence-corrected chi connectivity index (χ3v) is 3.76. The van der Waals surface area contributed by atoms with Crippen molar-refractivity contribution in [3.8, 4) is 5.75 Å². The number of benzene rings is 2. The molecule has 3 heteroatoms. The Bertz CT molecular complexity index is 617. The van der Waals surface area contributed by atoms with Crippen molar-refractivity contribution in [2.75, 3.05) is 7.11 Å². The molecule has 0 spiro atoms. The number of halogens is 1. The number of ether oxygens (including phenoxy) is 1. The highest BCUT2D eigenvalue weighted by Crippen LogP contribution is 2.30. The zero-order valence-corrected chi connectivity index (χ0v) is 13.1. The molecule has 0 heterocycles. The van der Waals surface area contributed by atoms with Crippen molar-refractivity contribution >= 4 is 11.6 Å². The van der Waals surface area contributed by atoms with Gasteiger partial charge in [0, 0.05) is 5.02 Å². The molecule has 1 atom stereocenters. The van der Waals surface area contributed by atoms with Crippen LogP contribution in [0.1, 0.15) is 33.9 Å². The van der Waals surface area contributed by atoms with E-state index in [1.807, 2.05) is 32.0 Å². The lowest BCUT2D eigenvalue weighted by molar-refractivity contribution is 0.411. The Kier molecular flexibility index (Phi) is 4.36. The second-order valence-corrected chi connectivity index (χ2v) is 5.65. The minimum absolute atomic E-state index is 0.183. The molecule has 2 rings (SSSR count). The average Bonchev–Trinajstić information content (AvgIpc) is 2.39. The highest BCUT2D eigenvalue weighted by Gasteiger charge is 2.14. The summed E-state index contributed by atoms with van der Waals surface area (Å²) in [6, 6.07) is 9.88. The van der Waals surface area contributed by atoms with Crippen LogP contribution in [0.4, 0.5) is 0 Å². The molecule has 0 saturated carbocycles. The number of hydrogen-bond acceptors (Lipinski definition) is 2. The molecule has 0 saturated heterocycles. The van der Waals surface area contributed by atoms with E-state index in [1.54, 1.807) is 7.11 Å². The Hall–Kier alpha value is -1.51. The molecule has 1 unspecified atom stereocenters. The minimum atomic E-state index is -0.183. The number of hydrogen-bond donors (Lipinski definition) is 1. The van der Waals surface area contributed by atoms with Crippen molar-refractivity contribution in [3.63, 3.8) is 0 Å². The van der Waals surface area contributed by atoms with Crippen LogP contribution in [0.15, 0.2) is 30.3 Å². The summed E-state index contributed by atoms with van der Waals surface area (Å²) in [6.07, 6.45) is 0. The van der Waals surface area contributed by atoms with Gasteiger partial charge in [0.1, 0.15) is 5.75 Å². The van der Waals surface area contributed by atoms with Crippen LogP contribution in [0.2, 0.25) is 5.02 Å². The molecule has 0 amide bonds. The van der Waals surface area contributed by atoms with Crippen LogP contribution < -0.4 is 10.5 Å². The Morgan fingerprint density at radius 2 is 1.70 bits per heavy atom. The van der Waals surface area contributed by atoms with Crippen molar-refractivity contribution in [3.05, 3.63) is 63.2 Å². The van der Waals surface area contributed by atoms with Crippen molar-refractivity contribution in [1.82, 2.24) is 0 Å². The summed E-state index contributed by atoms with van der Waals surface area (Å²) in [5, 5.41) is 0.721. The predicted octanol–water partition coefficient (Wildman–Crippen LogP) is 4.32. The molecular weight excluding hydrogens is 270 g/mol. The third-order valence-electron chi connectivity index (χ3n) is 3.54. The smallest absolute Gasteiger partial charge is 0.122 e. The van der Waals surface area contributed by atoms with Crippen molar-refractivity contribution in [2.45, 2.75) is 26.8 Å². The summed E-state index contributed by atoms with van der Waals surface area (Å²) in [4.78, 5) is 0. The van der Waals surface area contributed by atoms with E-state index in [-0.39, 0.29) is 6.04 Å². The van der Waals surface area contributed by atoms with Crippen molar-refractivity contribution < 1.29 is 4.74 Å².